The van der Waals surface area contributed by atoms with E-state index in [1.807, 2.05) is 0 Å². The van der Waals surface area contributed by atoms with E-state index in [0.717, 1.165) is 12.2 Å². The molecule has 0 spiro atoms. The highest BCUT2D eigenvalue weighted by atomic mass is 16.6. The van der Waals surface area contributed by atoms with Gasteiger partial charge in [0.15, 0.2) is 11.5 Å². The molecule has 2 aromatic carbocycles. The Morgan fingerprint density at radius 3 is 1.83 bits per heavy atom. The van der Waals surface area contributed by atoms with E-state index in [4.69, 9.17) is 9.47 Å². The first kappa shape index (κ1) is 22.5. The molecule has 0 aliphatic carbocycles. The molecule has 2 aromatic rings. The molecule has 2 rings (SSSR count). The van der Waals surface area contributed by atoms with Gasteiger partial charge in [0.25, 0.3) is 0 Å². The predicted molar refractivity (Wildman–Crippen MR) is 109 cm³/mol. The molecular weight excluding hydrogens is 392 g/mol. The van der Waals surface area contributed by atoms with Crippen molar-refractivity contribution in [1.82, 2.24) is 0 Å². The van der Waals surface area contributed by atoms with Crippen LogP contribution in [0.3, 0.4) is 0 Å². The first-order valence-electron chi connectivity index (χ1n) is 8.94. The van der Waals surface area contributed by atoms with Crippen molar-refractivity contribution in [2.75, 3.05) is 13.2 Å². The Morgan fingerprint density at radius 2 is 1.33 bits per heavy atom. The number of esters is 2. The molecule has 0 heterocycles. The lowest BCUT2D eigenvalue weighted by Gasteiger charge is -2.10. The van der Waals surface area contributed by atoms with Gasteiger partial charge < -0.3 is 29.9 Å². The number of rotatable bonds is 8. The molecule has 0 saturated carbocycles. The van der Waals surface area contributed by atoms with Crippen molar-refractivity contribution in [3.05, 3.63) is 65.2 Å². The number of aromatic hydroxyl groups is 3. The highest BCUT2D eigenvalue weighted by Gasteiger charge is 2.10. The summed E-state index contributed by atoms with van der Waals surface area (Å²) in [5.41, 5.74) is 1.78. The van der Waals surface area contributed by atoms with E-state index in [1.54, 1.807) is 19.1 Å². The first-order chi connectivity index (χ1) is 14.2. The summed E-state index contributed by atoms with van der Waals surface area (Å²) >= 11 is 0. The Labute approximate surface area is 172 Å². The summed E-state index contributed by atoms with van der Waals surface area (Å²) in [5, 5.41) is 38.0. The molecule has 0 fully saturated rings. The highest BCUT2D eigenvalue weighted by molar-refractivity contribution is 5.87. The summed E-state index contributed by atoms with van der Waals surface area (Å²) < 4.78 is 9.71. The molecular formula is C22H22O8. The van der Waals surface area contributed by atoms with Crippen molar-refractivity contribution in [3.8, 4) is 17.2 Å². The maximum atomic E-state index is 11.7. The second-order valence-corrected chi connectivity index (χ2v) is 6.37. The Bertz CT molecular complexity index is 884. The average molecular weight is 414 g/mol. The number of carbonyl (C=O) groups excluding carboxylic acids is 2. The van der Waals surface area contributed by atoms with Crippen molar-refractivity contribution >= 4 is 24.1 Å². The maximum absolute atomic E-state index is 11.7. The molecule has 30 heavy (non-hydrogen) atoms. The van der Waals surface area contributed by atoms with Crippen LogP contribution in [-0.2, 0) is 19.1 Å². The van der Waals surface area contributed by atoms with Gasteiger partial charge in [-0.1, -0.05) is 18.2 Å². The standard InChI is InChI=1S/C22H22O8/c1-14-2-3-15(10-19(14)25)5-8-21(27)29-12-17(23)13-30-22(28)9-6-16-4-7-18(24)20(26)11-16/h2-11,17,23-26H,12-13H2,1H3/b8-5+,9-6+. The van der Waals surface area contributed by atoms with E-state index < -0.39 is 18.0 Å². The van der Waals surface area contributed by atoms with Gasteiger partial charge in [0, 0.05) is 12.2 Å². The van der Waals surface area contributed by atoms with E-state index in [9.17, 15) is 30.0 Å². The lowest BCUT2D eigenvalue weighted by Crippen LogP contribution is -2.24. The Kier molecular flexibility index (Phi) is 8.01. The van der Waals surface area contributed by atoms with Crippen molar-refractivity contribution in [1.29, 1.82) is 0 Å². The molecule has 0 radical (unpaired) electrons. The quantitative estimate of drug-likeness (QED) is 0.294. The second-order valence-electron chi connectivity index (χ2n) is 6.37. The van der Waals surface area contributed by atoms with Gasteiger partial charge in [0.05, 0.1) is 0 Å². The van der Waals surface area contributed by atoms with Crippen LogP contribution in [0, 0.1) is 6.92 Å². The third kappa shape index (κ3) is 7.33. The molecule has 8 nitrogen and oxygen atoms in total. The van der Waals surface area contributed by atoms with Crippen molar-refractivity contribution < 1.29 is 39.5 Å². The topological polar surface area (TPSA) is 134 Å². The van der Waals surface area contributed by atoms with Gasteiger partial charge in [-0.3, -0.25) is 0 Å². The molecule has 0 bridgehead atoms. The number of hydrogen-bond donors (Lipinski definition) is 4. The van der Waals surface area contributed by atoms with Gasteiger partial charge in [0.2, 0.25) is 0 Å². The first-order valence-corrected chi connectivity index (χ1v) is 8.94. The predicted octanol–water partition coefficient (Wildman–Crippen LogP) is 2.29. The number of benzene rings is 2. The van der Waals surface area contributed by atoms with Crippen LogP contribution in [-0.4, -0.2) is 51.7 Å². The van der Waals surface area contributed by atoms with Gasteiger partial charge in [-0.25, -0.2) is 9.59 Å². The Hall–Kier alpha value is -3.78. The number of carbonyl (C=O) groups is 2. The summed E-state index contributed by atoms with van der Waals surface area (Å²) in [4.78, 5) is 23.3. The Balaban J connectivity index is 1.72. The molecule has 0 aromatic heterocycles. The van der Waals surface area contributed by atoms with Crippen molar-refractivity contribution in [3.63, 3.8) is 0 Å². The fraction of sp³-hybridized carbons (Fsp3) is 0.182. The Morgan fingerprint density at radius 1 is 0.833 bits per heavy atom. The third-order valence-electron chi connectivity index (χ3n) is 3.89. The summed E-state index contributed by atoms with van der Waals surface area (Å²) in [6.07, 6.45) is 3.85. The molecule has 158 valence electrons. The molecule has 8 heteroatoms. The zero-order valence-corrected chi connectivity index (χ0v) is 16.2. The zero-order chi connectivity index (χ0) is 22.1. The maximum Gasteiger partial charge on any atom is 0.330 e. The average Bonchev–Trinajstić information content (AvgIpc) is 2.72. The van der Waals surface area contributed by atoms with E-state index in [1.165, 1.54) is 36.4 Å². The van der Waals surface area contributed by atoms with Crippen molar-refractivity contribution in [2.24, 2.45) is 0 Å². The lowest BCUT2D eigenvalue weighted by atomic mass is 10.1. The van der Waals surface area contributed by atoms with E-state index >= 15 is 0 Å². The largest absolute Gasteiger partial charge is 0.508 e. The van der Waals surface area contributed by atoms with Crippen LogP contribution in [0.4, 0.5) is 0 Å². The fourth-order valence-corrected chi connectivity index (χ4v) is 2.20. The number of aryl methyl sites for hydroxylation is 1. The molecule has 1 unspecified atom stereocenters. The number of ether oxygens (including phenoxy) is 2. The van der Waals surface area contributed by atoms with Gasteiger partial charge >= 0.3 is 11.9 Å². The minimum Gasteiger partial charge on any atom is -0.508 e. The minimum atomic E-state index is -1.21. The van der Waals surface area contributed by atoms with Crippen LogP contribution in [0.1, 0.15) is 16.7 Å². The van der Waals surface area contributed by atoms with E-state index in [-0.39, 0.29) is 30.5 Å². The zero-order valence-electron chi connectivity index (χ0n) is 16.2. The fourth-order valence-electron chi connectivity index (χ4n) is 2.20. The summed E-state index contributed by atoms with van der Waals surface area (Å²) in [6.45, 7) is 0.997. The van der Waals surface area contributed by atoms with E-state index in [0.29, 0.717) is 16.7 Å². The lowest BCUT2D eigenvalue weighted by molar-refractivity contribution is -0.146. The molecule has 0 saturated heterocycles. The van der Waals surface area contributed by atoms with Crippen LogP contribution in [0.2, 0.25) is 0 Å². The van der Waals surface area contributed by atoms with Crippen LogP contribution in [0.25, 0.3) is 12.2 Å². The number of aliphatic hydroxyl groups is 1. The van der Waals surface area contributed by atoms with Gasteiger partial charge in [-0.2, -0.15) is 0 Å². The molecule has 4 N–H and O–H groups in total. The second kappa shape index (κ2) is 10.7. The van der Waals surface area contributed by atoms with E-state index in [2.05, 4.69) is 0 Å². The monoisotopic (exact) mass is 414 g/mol. The number of phenolic OH excluding ortho intramolecular Hbond substituents is 3. The minimum absolute atomic E-state index is 0.110. The number of aliphatic hydroxyl groups excluding tert-OH is 1. The summed E-state index contributed by atoms with van der Waals surface area (Å²) in [6, 6.07) is 8.95. The molecule has 0 aliphatic rings. The summed E-state index contributed by atoms with van der Waals surface area (Å²) in [5.74, 6) is -1.94. The molecule has 0 aliphatic heterocycles. The van der Waals surface area contributed by atoms with Crippen molar-refractivity contribution in [2.45, 2.75) is 13.0 Å². The summed E-state index contributed by atoms with van der Waals surface area (Å²) in [7, 11) is 0. The normalized spacial score (nSPS) is 12.2. The van der Waals surface area contributed by atoms with Crippen LogP contribution in [0.5, 0.6) is 17.2 Å². The van der Waals surface area contributed by atoms with Gasteiger partial charge in [-0.05, 0) is 54.0 Å². The van der Waals surface area contributed by atoms with Crippen LogP contribution >= 0.6 is 0 Å². The molecule has 0 amide bonds. The van der Waals surface area contributed by atoms with Gasteiger partial charge in [0.1, 0.15) is 25.1 Å². The highest BCUT2D eigenvalue weighted by Crippen LogP contribution is 2.25. The molecule has 1 atom stereocenters. The number of hydrogen-bond acceptors (Lipinski definition) is 8. The van der Waals surface area contributed by atoms with Gasteiger partial charge in [-0.15, -0.1) is 0 Å². The smallest absolute Gasteiger partial charge is 0.330 e. The number of phenols is 3. The van der Waals surface area contributed by atoms with Crippen LogP contribution in [0.15, 0.2) is 48.6 Å². The van der Waals surface area contributed by atoms with Crippen LogP contribution < -0.4 is 0 Å². The third-order valence-corrected chi connectivity index (χ3v) is 3.89. The SMILES string of the molecule is Cc1ccc(/C=C/C(=O)OCC(O)COC(=O)/C=C/c2ccc(O)c(O)c2)cc1O.